The van der Waals surface area contributed by atoms with Gasteiger partial charge in [-0.25, -0.2) is 14.4 Å². The zero-order chi connectivity index (χ0) is 17.3. The summed E-state index contributed by atoms with van der Waals surface area (Å²) in [6.45, 7) is 5.79. The van der Waals surface area contributed by atoms with E-state index in [2.05, 4.69) is 21.8 Å². The van der Waals surface area contributed by atoms with Crippen molar-refractivity contribution in [2.45, 2.75) is 26.8 Å². The number of carbonyl (C=O) groups is 1. The van der Waals surface area contributed by atoms with Gasteiger partial charge in [-0.3, -0.25) is 4.79 Å². The SMILES string of the molecule is CCN(C)c1nc(C)nc2c1CN(C(=O)c1cccc(F)c1)CC2. The van der Waals surface area contributed by atoms with Gasteiger partial charge in [0.05, 0.1) is 12.2 Å². The molecule has 0 radical (unpaired) electrons. The van der Waals surface area contributed by atoms with Crippen molar-refractivity contribution in [2.75, 3.05) is 25.0 Å². The fourth-order valence-electron chi connectivity index (χ4n) is 2.96. The monoisotopic (exact) mass is 328 g/mol. The Kier molecular flexibility index (Phi) is 4.46. The van der Waals surface area contributed by atoms with E-state index in [1.165, 1.54) is 12.1 Å². The average molecular weight is 328 g/mol. The predicted molar refractivity (Wildman–Crippen MR) is 90.6 cm³/mol. The number of aromatic nitrogens is 2. The minimum atomic E-state index is -0.399. The molecule has 1 aliphatic rings. The molecule has 0 fully saturated rings. The molecule has 3 rings (SSSR count). The van der Waals surface area contributed by atoms with Crippen LogP contribution >= 0.6 is 0 Å². The highest BCUT2D eigenvalue weighted by Crippen LogP contribution is 2.27. The highest BCUT2D eigenvalue weighted by molar-refractivity contribution is 5.94. The van der Waals surface area contributed by atoms with E-state index in [-0.39, 0.29) is 5.91 Å². The van der Waals surface area contributed by atoms with Crippen molar-refractivity contribution < 1.29 is 9.18 Å². The smallest absolute Gasteiger partial charge is 0.254 e. The molecule has 2 aromatic rings. The summed E-state index contributed by atoms with van der Waals surface area (Å²) in [7, 11) is 1.98. The summed E-state index contributed by atoms with van der Waals surface area (Å²) in [5.74, 6) is 1.06. The Balaban J connectivity index is 1.92. The highest BCUT2D eigenvalue weighted by Gasteiger charge is 2.26. The van der Waals surface area contributed by atoms with Crippen molar-refractivity contribution in [3.8, 4) is 0 Å². The first-order valence-electron chi connectivity index (χ1n) is 8.12. The van der Waals surface area contributed by atoms with Gasteiger partial charge in [-0.2, -0.15) is 0 Å². The van der Waals surface area contributed by atoms with Gasteiger partial charge in [0.2, 0.25) is 0 Å². The van der Waals surface area contributed by atoms with E-state index in [0.717, 1.165) is 29.4 Å². The van der Waals surface area contributed by atoms with Crippen molar-refractivity contribution in [1.29, 1.82) is 0 Å². The lowest BCUT2D eigenvalue weighted by atomic mass is 10.0. The lowest BCUT2D eigenvalue weighted by Gasteiger charge is -2.31. The number of benzene rings is 1. The van der Waals surface area contributed by atoms with E-state index in [1.807, 2.05) is 14.0 Å². The third kappa shape index (κ3) is 3.09. The number of carbonyl (C=O) groups excluding carboxylic acids is 1. The predicted octanol–water partition coefficient (Wildman–Crippen LogP) is 2.58. The molecule has 0 atom stereocenters. The van der Waals surface area contributed by atoms with E-state index in [4.69, 9.17) is 0 Å². The van der Waals surface area contributed by atoms with Gasteiger partial charge in [0.25, 0.3) is 5.91 Å². The molecule has 0 unspecified atom stereocenters. The maximum atomic E-state index is 13.4. The summed E-state index contributed by atoms with van der Waals surface area (Å²) < 4.78 is 13.4. The van der Waals surface area contributed by atoms with Crippen LogP contribution in [0.15, 0.2) is 24.3 Å². The fraction of sp³-hybridized carbons (Fsp3) is 0.389. The van der Waals surface area contributed by atoms with E-state index in [0.29, 0.717) is 25.1 Å². The zero-order valence-electron chi connectivity index (χ0n) is 14.2. The number of nitrogens with zero attached hydrogens (tertiary/aromatic N) is 4. The van der Waals surface area contributed by atoms with Crippen LogP contribution in [-0.2, 0) is 13.0 Å². The molecule has 2 heterocycles. The molecular formula is C18H21FN4O. The molecule has 5 nitrogen and oxygen atoms in total. The largest absolute Gasteiger partial charge is 0.360 e. The van der Waals surface area contributed by atoms with Crippen molar-refractivity contribution in [1.82, 2.24) is 14.9 Å². The van der Waals surface area contributed by atoms with Crippen LogP contribution < -0.4 is 4.90 Å². The zero-order valence-corrected chi connectivity index (χ0v) is 14.2. The first-order chi connectivity index (χ1) is 11.5. The summed E-state index contributed by atoms with van der Waals surface area (Å²) in [6.07, 6.45) is 0.685. The Morgan fingerprint density at radius 2 is 2.17 bits per heavy atom. The van der Waals surface area contributed by atoms with Gasteiger partial charge in [0.15, 0.2) is 0 Å². The Labute approximate surface area is 141 Å². The molecule has 0 aliphatic carbocycles. The van der Waals surface area contributed by atoms with Crippen molar-refractivity contribution >= 4 is 11.7 Å². The van der Waals surface area contributed by atoms with E-state index >= 15 is 0 Å². The average Bonchev–Trinajstić information content (AvgIpc) is 2.59. The summed E-state index contributed by atoms with van der Waals surface area (Å²) >= 11 is 0. The second kappa shape index (κ2) is 6.55. The van der Waals surface area contributed by atoms with Crippen LogP contribution in [0.3, 0.4) is 0 Å². The minimum absolute atomic E-state index is 0.161. The Morgan fingerprint density at radius 1 is 1.38 bits per heavy atom. The van der Waals surface area contributed by atoms with Crippen LogP contribution in [-0.4, -0.2) is 40.9 Å². The van der Waals surface area contributed by atoms with Crippen LogP contribution in [0.1, 0.15) is 34.4 Å². The lowest BCUT2D eigenvalue weighted by Crippen LogP contribution is -2.38. The van der Waals surface area contributed by atoms with Crippen molar-refractivity contribution in [2.24, 2.45) is 0 Å². The summed E-state index contributed by atoms with van der Waals surface area (Å²) in [6, 6.07) is 5.82. The third-order valence-electron chi connectivity index (χ3n) is 4.34. The van der Waals surface area contributed by atoms with Gasteiger partial charge in [0, 0.05) is 37.7 Å². The van der Waals surface area contributed by atoms with Gasteiger partial charge in [0.1, 0.15) is 17.5 Å². The van der Waals surface area contributed by atoms with Crippen molar-refractivity contribution in [3.63, 3.8) is 0 Å². The number of hydrogen-bond acceptors (Lipinski definition) is 4. The topological polar surface area (TPSA) is 49.3 Å². The van der Waals surface area contributed by atoms with Gasteiger partial charge in [-0.1, -0.05) is 6.07 Å². The Bertz CT molecular complexity index is 778. The molecule has 1 aromatic heterocycles. The molecular weight excluding hydrogens is 307 g/mol. The first kappa shape index (κ1) is 16.4. The second-order valence-electron chi connectivity index (χ2n) is 6.02. The molecule has 0 N–H and O–H groups in total. The molecule has 126 valence electrons. The van der Waals surface area contributed by atoms with Gasteiger partial charge < -0.3 is 9.80 Å². The first-order valence-corrected chi connectivity index (χ1v) is 8.12. The summed E-state index contributed by atoms with van der Waals surface area (Å²) in [4.78, 5) is 25.6. The molecule has 0 bridgehead atoms. The number of amides is 1. The van der Waals surface area contributed by atoms with Crippen molar-refractivity contribution in [3.05, 3.63) is 52.7 Å². The van der Waals surface area contributed by atoms with Crippen LogP contribution in [0.5, 0.6) is 0 Å². The minimum Gasteiger partial charge on any atom is -0.360 e. The number of hydrogen-bond donors (Lipinski definition) is 0. The number of fused-ring (bicyclic) bond motifs is 1. The van der Waals surface area contributed by atoms with Crippen LogP contribution in [0, 0.1) is 12.7 Å². The van der Waals surface area contributed by atoms with E-state index in [1.54, 1.807) is 17.0 Å². The Morgan fingerprint density at radius 3 is 2.88 bits per heavy atom. The quantitative estimate of drug-likeness (QED) is 0.869. The van der Waals surface area contributed by atoms with E-state index in [9.17, 15) is 9.18 Å². The lowest BCUT2D eigenvalue weighted by molar-refractivity contribution is 0.0733. The number of anilines is 1. The molecule has 0 spiro atoms. The number of aryl methyl sites for hydroxylation is 1. The molecule has 24 heavy (non-hydrogen) atoms. The molecule has 1 aromatic carbocycles. The van der Waals surface area contributed by atoms with Gasteiger partial charge in [-0.05, 0) is 32.0 Å². The third-order valence-corrected chi connectivity index (χ3v) is 4.34. The molecule has 0 saturated heterocycles. The van der Waals surface area contributed by atoms with Crippen LogP contribution in [0.2, 0.25) is 0 Å². The van der Waals surface area contributed by atoms with E-state index < -0.39 is 5.82 Å². The summed E-state index contributed by atoms with van der Waals surface area (Å²) in [5.41, 5.74) is 2.36. The normalized spacial score (nSPS) is 13.6. The maximum absolute atomic E-state index is 13.4. The van der Waals surface area contributed by atoms with Crippen LogP contribution in [0.4, 0.5) is 10.2 Å². The van der Waals surface area contributed by atoms with Gasteiger partial charge >= 0.3 is 0 Å². The van der Waals surface area contributed by atoms with Crippen LogP contribution in [0.25, 0.3) is 0 Å². The maximum Gasteiger partial charge on any atom is 0.254 e. The van der Waals surface area contributed by atoms with Gasteiger partial charge in [-0.15, -0.1) is 0 Å². The molecule has 0 saturated carbocycles. The standard InChI is InChI=1S/C18H21FN4O/c1-4-22(3)17-15-11-23(9-8-16(15)20-12(2)21-17)18(24)13-6-5-7-14(19)10-13/h5-7,10H,4,8-9,11H2,1-3H3. The summed E-state index contributed by atoms with van der Waals surface area (Å²) in [5, 5.41) is 0. The highest BCUT2D eigenvalue weighted by atomic mass is 19.1. The molecule has 1 amide bonds. The number of rotatable bonds is 3. The molecule has 6 heteroatoms. The molecule has 1 aliphatic heterocycles. The fourth-order valence-corrected chi connectivity index (χ4v) is 2.96. The second-order valence-corrected chi connectivity index (χ2v) is 6.02. The number of halogens is 1. The Hall–Kier alpha value is -2.50.